The first-order valence-corrected chi connectivity index (χ1v) is 6.63. The Morgan fingerprint density at radius 3 is 1.91 bits per heavy atom. The van der Waals surface area contributed by atoms with Gasteiger partial charge in [0.25, 0.3) is 11.9 Å². The summed E-state index contributed by atoms with van der Waals surface area (Å²) in [5.41, 5.74) is -1.91. The number of rotatable bonds is 4. The molecule has 0 spiro atoms. The van der Waals surface area contributed by atoms with Gasteiger partial charge in [0.15, 0.2) is 0 Å². The molecule has 1 aromatic heterocycles. The van der Waals surface area contributed by atoms with Gasteiger partial charge in [0.05, 0.1) is 0 Å². The number of nitrogens with one attached hydrogen (secondary N) is 1. The van der Waals surface area contributed by atoms with E-state index >= 15 is 0 Å². The van der Waals surface area contributed by atoms with E-state index in [0.29, 0.717) is 0 Å². The summed E-state index contributed by atoms with van der Waals surface area (Å²) in [5, 5.41) is 2.17. The minimum Gasteiger partial charge on any atom is -0.458 e. The molecule has 1 aromatic rings. The second-order valence-electron chi connectivity index (χ2n) is 6.10. The second kappa shape index (κ2) is 6.50. The molecule has 124 valence electrons. The average molecular weight is 322 g/mol. The zero-order valence-corrected chi connectivity index (χ0v) is 12.9. The zero-order valence-electron chi connectivity index (χ0n) is 12.9. The lowest BCUT2D eigenvalue weighted by Gasteiger charge is -2.27. The number of hydrogen-bond acceptors (Lipinski definition) is 4. The van der Waals surface area contributed by atoms with Gasteiger partial charge >= 0.3 is 5.97 Å². The van der Waals surface area contributed by atoms with Crippen LogP contribution in [0.4, 0.5) is 23.2 Å². The van der Waals surface area contributed by atoms with Crippen LogP contribution in [0.3, 0.4) is 0 Å². The second-order valence-corrected chi connectivity index (χ2v) is 6.10. The summed E-state index contributed by atoms with van der Waals surface area (Å²) in [4.78, 5) is 14.5. The maximum atomic E-state index is 13.6. The molecular weight excluding hydrogens is 304 g/mol. The fourth-order valence-electron chi connectivity index (χ4n) is 1.63. The molecule has 0 fully saturated rings. The number of ether oxygens (including phenoxy) is 1. The quantitative estimate of drug-likeness (QED) is 0.524. The van der Waals surface area contributed by atoms with Crippen LogP contribution >= 0.6 is 0 Å². The van der Waals surface area contributed by atoms with Gasteiger partial charge in [0, 0.05) is 0 Å². The Hall–Kier alpha value is -1.86. The Morgan fingerprint density at radius 2 is 1.55 bits per heavy atom. The molecule has 0 radical (unpaired) electrons. The highest BCUT2D eigenvalue weighted by atomic mass is 19.2. The molecule has 0 aliphatic carbocycles. The van der Waals surface area contributed by atoms with E-state index in [-0.39, 0.29) is 0 Å². The lowest BCUT2D eigenvalue weighted by Crippen LogP contribution is -2.40. The van der Waals surface area contributed by atoms with Crippen molar-refractivity contribution in [3.63, 3.8) is 0 Å². The molecule has 0 unspecified atom stereocenters. The molecule has 8 heteroatoms. The molecule has 0 aliphatic heterocycles. The minimum absolute atomic E-state index is 0.451. The molecular formula is C14H18F4N2O2. The predicted molar refractivity (Wildman–Crippen MR) is 72.2 cm³/mol. The lowest BCUT2D eigenvalue weighted by atomic mass is 10.0. The van der Waals surface area contributed by atoms with E-state index in [9.17, 15) is 22.4 Å². The first-order valence-electron chi connectivity index (χ1n) is 6.63. The van der Waals surface area contributed by atoms with E-state index in [1.807, 2.05) is 0 Å². The largest absolute Gasteiger partial charge is 0.458 e. The first-order chi connectivity index (χ1) is 9.94. The molecule has 0 amide bonds. The van der Waals surface area contributed by atoms with Crippen molar-refractivity contribution in [1.82, 2.24) is 4.98 Å². The van der Waals surface area contributed by atoms with Gasteiger partial charge in [-0.3, -0.25) is 0 Å². The highest BCUT2D eigenvalue weighted by Crippen LogP contribution is 2.25. The molecule has 1 rings (SSSR count). The lowest BCUT2D eigenvalue weighted by molar-refractivity contribution is -0.156. The van der Waals surface area contributed by atoms with Crippen LogP contribution in [-0.4, -0.2) is 22.6 Å². The van der Waals surface area contributed by atoms with E-state index in [2.05, 4.69) is 10.3 Å². The molecule has 0 aromatic carbocycles. The van der Waals surface area contributed by atoms with Crippen molar-refractivity contribution < 1.29 is 27.1 Å². The molecule has 0 bridgehead atoms. The Balaban J connectivity index is 3.15. The van der Waals surface area contributed by atoms with Crippen LogP contribution in [0.15, 0.2) is 0 Å². The summed E-state index contributed by atoms with van der Waals surface area (Å²) in [6.07, 6.45) is 0. The van der Waals surface area contributed by atoms with Crippen molar-refractivity contribution in [3.05, 3.63) is 23.5 Å². The highest BCUT2D eigenvalue weighted by Gasteiger charge is 2.31. The summed E-state index contributed by atoms with van der Waals surface area (Å²) in [6.45, 7) is 8.04. The number of aromatic nitrogens is 1. The fraction of sp³-hybridized carbons (Fsp3) is 0.571. The Morgan fingerprint density at radius 1 is 1.09 bits per heavy atom. The van der Waals surface area contributed by atoms with E-state index in [1.54, 1.807) is 34.6 Å². The zero-order chi connectivity index (χ0) is 17.2. The number of halogens is 4. The van der Waals surface area contributed by atoms with Gasteiger partial charge in [-0.1, -0.05) is 13.8 Å². The van der Waals surface area contributed by atoms with E-state index < -0.39 is 52.7 Å². The van der Waals surface area contributed by atoms with E-state index in [4.69, 9.17) is 4.74 Å². The molecule has 0 saturated carbocycles. The molecule has 1 N–H and O–H groups in total. The first kappa shape index (κ1) is 18.2. The van der Waals surface area contributed by atoms with Crippen molar-refractivity contribution in [2.75, 3.05) is 5.32 Å². The number of esters is 1. The van der Waals surface area contributed by atoms with E-state index in [0.717, 1.165) is 0 Å². The highest BCUT2D eigenvalue weighted by molar-refractivity contribution is 5.80. The van der Waals surface area contributed by atoms with Crippen LogP contribution in [0.1, 0.15) is 34.6 Å². The van der Waals surface area contributed by atoms with Gasteiger partial charge in [-0.05, 0) is 26.7 Å². The molecule has 4 nitrogen and oxygen atoms in total. The van der Waals surface area contributed by atoms with Crippen molar-refractivity contribution in [3.8, 4) is 0 Å². The Bertz CT molecular complexity index is 545. The van der Waals surface area contributed by atoms with Gasteiger partial charge in [0.1, 0.15) is 17.3 Å². The van der Waals surface area contributed by atoms with Crippen molar-refractivity contribution in [2.45, 2.75) is 46.3 Å². The van der Waals surface area contributed by atoms with Crippen molar-refractivity contribution in [2.24, 2.45) is 5.92 Å². The number of carbonyl (C=O) groups excluding carboxylic acids is 1. The number of anilines is 1. The third kappa shape index (κ3) is 4.32. The molecule has 22 heavy (non-hydrogen) atoms. The van der Waals surface area contributed by atoms with Gasteiger partial charge in [-0.15, -0.1) is 0 Å². The maximum Gasteiger partial charge on any atom is 0.329 e. The van der Waals surface area contributed by atoms with Gasteiger partial charge in [-0.25, -0.2) is 4.79 Å². The van der Waals surface area contributed by atoms with Crippen LogP contribution in [0.25, 0.3) is 0 Å². The summed E-state index contributed by atoms with van der Waals surface area (Å²) in [5.74, 6) is -8.24. The summed E-state index contributed by atoms with van der Waals surface area (Å²) in [6, 6.07) is -1.19. The topological polar surface area (TPSA) is 51.2 Å². The SMILES string of the molecule is CC(C)[C@H](Nc1c(F)c(F)nc(F)c1F)C(=O)OC(C)(C)C. The standard InChI is InChI=1S/C14H18F4N2O2/c1-6(2)9(13(21)22-14(3,4)5)19-10-7(15)11(17)20-12(18)8(10)16/h6,9H,1-5H3,(H,19,20)/t9-/m0/s1. The monoisotopic (exact) mass is 322 g/mol. The number of hydrogen-bond donors (Lipinski definition) is 1. The fourth-order valence-corrected chi connectivity index (χ4v) is 1.63. The minimum atomic E-state index is -1.80. The van der Waals surface area contributed by atoms with Crippen LogP contribution in [0, 0.1) is 29.4 Å². The van der Waals surface area contributed by atoms with Crippen LogP contribution in [0.2, 0.25) is 0 Å². The third-order valence-electron chi connectivity index (χ3n) is 2.62. The van der Waals surface area contributed by atoms with Crippen LogP contribution < -0.4 is 5.32 Å². The summed E-state index contributed by atoms with van der Waals surface area (Å²) < 4.78 is 58.5. The molecule has 0 aliphatic rings. The van der Waals surface area contributed by atoms with Gasteiger partial charge in [-0.2, -0.15) is 22.5 Å². The maximum absolute atomic E-state index is 13.6. The number of nitrogens with zero attached hydrogens (tertiary/aromatic N) is 1. The molecule has 0 saturated heterocycles. The van der Waals surface area contributed by atoms with Crippen molar-refractivity contribution in [1.29, 1.82) is 0 Å². The summed E-state index contributed by atoms with van der Waals surface area (Å²) >= 11 is 0. The van der Waals surface area contributed by atoms with Gasteiger partial charge in [0.2, 0.25) is 11.6 Å². The van der Waals surface area contributed by atoms with E-state index in [1.165, 1.54) is 0 Å². The summed E-state index contributed by atoms with van der Waals surface area (Å²) in [7, 11) is 0. The van der Waals surface area contributed by atoms with Crippen LogP contribution in [0.5, 0.6) is 0 Å². The normalized spacial score (nSPS) is 13.2. The predicted octanol–water partition coefficient (Wildman–Crippen LogP) is 3.42. The molecule has 1 heterocycles. The van der Waals surface area contributed by atoms with Crippen LogP contribution in [-0.2, 0) is 9.53 Å². The average Bonchev–Trinajstić information content (AvgIpc) is 2.33. The number of carbonyl (C=O) groups is 1. The number of pyridine rings is 1. The smallest absolute Gasteiger partial charge is 0.329 e. The Labute approximate surface area is 125 Å². The molecule has 1 atom stereocenters. The van der Waals surface area contributed by atoms with Gasteiger partial charge < -0.3 is 10.1 Å². The Kier molecular flexibility index (Phi) is 5.37. The third-order valence-corrected chi connectivity index (χ3v) is 2.62. The van der Waals surface area contributed by atoms with Crippen molar-refractivity contribution >= 4 is 11.7 Å².